The highest BCUT2D eigenvalue weighted by atomic mass is 16.2. The maximum atomic E-state index is 12.3. The maximum absolute atomic E-state index is 12.3. The average molecular weight is 280 g/mol. The lowest BCUT2D eigenvalue weighted by Gasteiger charge is -2.25. The molecule has 1 aliphatic rings. The molecule has 0 unspecified atom stereocenters. The van der Waals surface area contributed by atoms with Gasteiger partial charge in [-0.2, -0.15) is 0 Å². The van der Waals surface area contributed by atoms with Gasteiger partial charge < -0.3 is 10.6 Å². The molecule has 0 fully saturated rings. The zero-order valence-corrected chi connectivity index (χ0v) is 12.2. The molecule has 2 aromatic rings. The number of hydrogen-bond donors (Lipinski definition) is 2. The molecule has 0 aromatic heterocycles. The van der Waals surface area contributed by atoms with Crippen LogP contribution in [0.4, 0.5) is 0 Å². The molecule has 2 aromatic carbocycles. The van der Waals surface area contributed by atoms with Gasteiger partial charge in [0.25, 0.3) is 0 Å². The third kappa shape index (κ3) is 3.14. The molecule has 0 bridgehead atoms. The third-order valence-electron chi connectivity index (χ3n) is 4.11. The Hall–Kier alpha value is -2.13. The van der Waals surface area contributed by atoms with E-state index in [9.17, 15) is 4.79 Å². The van der Waals surface area contributed by atoms with Crippen LogP contribution in [0.15, 0.2) is 48.5 Å². The molecule has 108 valence electrons. The largest absolute Gasteiger partial charge is 0.351 e. The minimum absolute atomic E-state index is 0.0766. The number of carbonyl (C=O) groups excluding carboxylic acids is 1. The van der Waals surface area contributed by atoms with Crippen LogP contribution < -0.4 is 10.6 Å². The standard InChI is InChI=1S/C18H20N2O/c1-13-6-2-3-8-15(13)11-20-18(21)17-10-14-7-4-5-9-16(14)12-19-17/h2-9,17,19H,10-12H2,1H3,(H,20,21)/t17-/m1/s1. The van der Waals surface area contributed by atoms with E-state index in [0.29, 0.717) is 6.54 Å². The predicted molar refractivity (Wildman–Crippen MR) is 83.8 cm³/mol. The van der Waals surface area contributed by atoms with Gasteiger partial charge in [0.05, 0.1) is 6.04 Å². The topological polar surface area (TPSA) is 41.1 Å². The van der Waals surface area contributed by atoms with Crippen molar-refractivity contribution in [1.82, 2.24) is 10.6 Å². The van der Waals surface area contributed by atoms with E-state index < -0.39 is 0 Å². The minimum Gasteiger partial charge on any atom is -0.351 e. The summed E-state index contributed by atoms with van der Waals surface area (Å²) in [5.74, 6) is 0.0766. The average Bonchev–Trinajstić information content (AvgIpc) is 2.53. The normalized spacial score (nSPS) is 17.1. The molecular weight excluding hydrogens is 260 g/mol. The SMILES string of the molecule is Cc1ccccc1CNC(=O)[C@H]1Cc2ccccc2CN1. The smallest absolute Gasteiger partial charge is 0.237 e. The van der Waals surface area contributed by atoms with Gasteiger partial charge in [0, 0.05) is 13.1 Å². The van der Waals surface area contributed by atoms with Crippen LogP contribution in [0.2, 0.25) is 0 Å². The van der Waals surface area contributed by atoms with Crippen LogP contribution in [-0.2, 0) is 24.3 Å². The fraction of sp³-hybridized carbons (Fsp3) is 0.278. The van der Waals surface area contributed by atoms with E-state index in [0.717, 1.165) is 13.0 Å². The van der Waals surface area contributed by atoms with Gasteiger partial charge in [-0.25, -0.2) is 0 Å². The van der Waals surface area contributed by atoms with Gasteiger partial charge in [-0.05, 0) is 35.6 Å². The number of amides is 1. The zero-order chi connectivity index (χ0) is 14.7. The lowest BCUT2D eigenvalue weighted by Crippen LogP contribution is -2.47. The molecule has 3 rings (SSSR count). The monoisotopic (exact) mass is 280 g/mol. The first-order chi connectivity index (χ1) is 10.2. The van der Waals surface area contributed by atoms with E-state index in [1.54, 1.807) is 0 Å². The summed E-state index contributed by atoms with van der Waals surface area (Å²) in [6, 6.07) is 16.3. The van der Waals surface area contributed by atoms with Gasteiger partial charge in [0.1, 0.15) is 0 Å². The van der Waals surface area contributed by atoms with E-state index in [2.05, 4.69) is 41.8 Å². The molecule has 21 heavy (non-hydrogen) atoms. The van der Waals surface area contributed by atoms with E-state index in [1.807, 2.05) is 24.3 Å². The summed E-state index contributed by atoms with van der Waals surface area (Å²) in [6.45, 7) is 3.42. The highest BCUT2D eigenvalue weighted by Gasteiger charge is 2.23. The molecule has 3 nitrogen and oxygen atoms in total. The van der Waals surface area contributed by atoms with E-state index in [4.69, 9.17) is 0 Å². The summed E-state index contributed by atoms with van der Waals surface area (Å²) in [5.41, 5.74) is 4.94. The van der Waals surface area contributed by atoms with Crippen LogP contribution in [0.3, 0.4) is 0 Å². The summed E-state index contributed by atoms with van der Waals surface area (Å²) in [7, 11) is 0. The second kappa shape index (κ2) is 6.10. The summed E-state index contributed by atoms with van der Waals surface area (Å²) in [4.78, 5) is 12.3. The molecular formula is C18H20N2O. The Morgan fingerprint density at radius 2 is 1.86 bits per heavy atom. The van der Waals surface area contributed by atoms with Crippen molar-refractivity contribution in [3.05, 3.63) is 70.8 Å². The van der Waals surface area contributed by atoms with Gasteiger partial charge in [0.2, 0.25) is 5.91 Å². The first-order valence-electron chi connectivity index (χ1n) is 7.36. The molecule has 1 heterocycles. The van der Waals surface area contributed by atoms with Crippen molar-refractivity contribution in [1.29, 1.82) is 0 Å². The summed E-state index contributed by atoms with van der Waals surface area (Å²) >= 11 is 0. The van der Waals surface area contributed by atoms with Crippen LogP contribution in [0, 0.1) is 6.92 Å². The minimum atomic E-state index is -0.135. The Labute approximate surface area is 125 Å². The molecule has 0 saturated carbocycles. The quantitative estimate of drug-likeness (QED) is 0.906. The van der Waals surface area contributed by atoms with E-state index in [1.165, 1.54) is 22.3 Å². The Balaban J connectivity index is 1.61. The number of hydrogen-bond acceptors (Lipinski definition) is 2. The summed E-state index contributed by atoms with van der Waals surface area (Å²) in [6.07, 6.45) is 0.760. The molecule has 2 N–H and O–H groups in total. The van der Waals surface area contributed by atoms with Crippen molar-refractivity contribution in [2.24, 2.45) is 0 Å². The Kier molecular flexibility index (Phi) is 4.02. The highest BCUT2D eigenvalue weighted by Crippen LogP contribution is 2.16. The molecule has 1 aliphatic heterocycles. The van der Waals surface area contributed by atoms with Gasteiger partial charge in [-0.1, -0.05) is 48.5 Å². The summed E-state index contributed by atoms with van der Waals surface area (Å²) < 4.78 is 0. The van der Waals surface area contributed by atoms with Crippen molar-refractivity contribution in [3.8, 4) is 0 Å². The van der Waals surface area contributed by atoms with Gasteiger partial charge in [0.15, 0.2) is 0 Å². The van der Waals surface area contributed by atoms with Crippen LogP contribution in [-0.4, -0.2) is 11.9 Å². The second-order valence-electron chi connectivity index (χ2n) is 5.55. The molecule has 1 atom stereocenters. The predicted octanol–water partition coefficient (Wildman–Crippen LogP) is 2.33. The van der Waals surface area contributed by atoms with Crippen LogP contribution >= 0.6 is 0 Å². The fourth-order valence-electron chi connectivity index (χ4n) is 2.75. The lowest BCUT2D eigenvalue weighted by atomic mass is 9.95. The first-order valence-corrected chi connectivity index (χ1v) is 7.36. The number of carbonyl (C=O) groups is 1. The number of benzene rings is 2. The number of nitrogens with one attached hydrogen (secondary N) is 2. The third-order valence-corrected chi connectivity index (χ3v) is 4.11. The summed E-state index contributed by atoms with van der Waals surface area (Å²) in [5, 5.41) is 6.35. The molecule has 0 aliphatic carbocycles. The van der Waals surface area contributed by atoms with E-state index in [-0.39, 0.29) is 11.9 Å². The van der Waals surface area contributed by atoms with Crippen LogP contribution in [0.25, 0.3) is 0 Å². The molecule has 0 saturated heterocycles. The Bertz CT molecular complexity index is 651. The highest BCUT2D eigenvalue weighted by molar-refractivity contribution is 5.82. The van der Waals surface area contributed by atoms with Gasteiger partial charge in [-0.3, -0.25) is 4.79 Å². The molecule has 1 amide bonds. The molecule has 0 radical (unpaired) electrons. The fourth-order valence-corrected chi connectivity index (χ4v) is 2.75. The van der Waals surface area contributed by atoms with Gasteiger partial charge in [-0.15, -0.1) is 0 Å². The Morgan fingerprint density at radius 1 is 1.14 bits per heavy atom. The molecule has 3 heteroatoms. The van der Waals surface area contributed by atoms with E-state index >= 15 is 0 Å². The van der Waals surface area contributed by atoms with Crippen molar-refractivity contribution >= 4 is 5.91 Å². The Morgan fingerprint density at radius 3 is 2.67 bits per heavy atom. The maximum Gasteiger partial charge on any atom is 0.237 e. The molecule has 0 spiro atoms. The van der Waals surface area contributed by atoms with Crippen molar-refractivity contribution in [2.75, 3.05) is 0 Å². The van der Waals surface area contributed by atoms with Crippen molar-refractivity contribution < 1.29 is 4.79 Å². The zero-order valence-electron chi connectivity index (χ0n) is 12.2. The first kappa shape index (κ1) is 13.8. The lowest BCUT2D eigenvalue weighted by molar-refractivity contribution is -0.123. The number of fused-ring (bicyclic) bond motifs is 1. The van der Waals surface area contributed by atoms with Crippen molar-refractivity contribution in [3.63, 3.8) is 0 Å². The number of aryl methyl sites for hydroxylation is 1. The van der Waals surface area contributed by atoms with Crippen LogP contribution in [0.1, 0.15) is 22.3 Å². The van der Waals surface area contributed by atoms with Crippen molar-refractivity contribution in [2.45, 2.75) is 32.5 Å². The second-order valence-corrected chi connectivity index (χ2v) is 5.55. The van der Waals surface area contributed by atoms with Gasteiger partial charge >= 0.3 is 0 Å². The number of rotatable bonds is 3. The van der Waals surface area contributed by atoms with Crippen LogP contribution in [0.5, 0.6) is 0 Å².